The highest BCUT2D eigenvalue weighted by Crippen LogP contribution is 2.36. The molecule has 0 saturated carbocycles. The number of hydrogen-bond acceptors (Lipinski definition) is 3. The van der Waals surface area contributed by atoms with Crippen molar-refractivity contribution in [2.75, 3.05) is 19.7 Å². The lowest BCUT2D eigenvalue weighted by molar-refractivity contribution is -0.129. The molecule has 2 aromatic rings. The molecule has 1 fully saturated rings. The van der Waals surface area contributed by atoms with Crippen LogP contribution in [0.1, 0.15) is 24.8 Å². The molecular formula is C23H25ClN2O3. The van der Waals surface area contributed by atoms with Gasteiger partial charge in [0.2, 0.25) is 11.8 Å². The molecule has 5 nitrogen and oxygen atoms in total. The molecule has 0 aromatic heterocycles. The second-order valence-electron chi connectivity index (χ2n) is 7.46. The molecule has 0 radical (unpaired) electrons. The number of carbonyl (C=O) groups excluding carboxylic acids is 2. The predicted octanol–water partition coefficient (Wildman–Crippen LogP) is 3.92. The molecule has 1 aliphatic rings. The molecule has 1 heterocycles. The zero-order chi connectivity index (χ0) is 20.7. The van der Waals surface area contributed by atoms with E-state index in [1.165, 1.54) is 0 Å². The Morgan fingerprint density at radius 1 is 1.10 bits per heavy atom. The minimum absolute atomic E-state index is 0.0303. The van der Waals surface area contributed by atoms with Gasteiger partial charge in [0, 0.05) is 36.0 Å². The van der Waals surface area contributed by atoms with Crippen LogP contribution in [0.2, 0.25) is 5.02 Å². The quantitative estimate of drug-likeness (QED) is 0.700. The third-order valence-electron chi connectivity index (χ3n) is 5.24. The number of ether oxygens (including phenoxy) is 1. The van der Waals surface area contributed by atoms with Gasteiger partial charge in [-0.1, -0.05) is 48.0 Å². The third kappa shape index (κ3) is 6.09. The smallest absolute Gasteiger partial charge is 0.246 e. The van der Waals surface area contributed by atoms with Crippen molar-refractivity contribution in [3.8, 4) is 5.75 Å². The van der Waals surface area contributed by atoms with E-state index in [-0.39, 0.29) is 23.7 Å². The molecule has 3 rings (SSSR count). The van der Waals surface area contributed by atoms with Crippen molar-refractivity contribution >= 4 is 29.5 Å². The van der Waals surface area contributed by atoms with Gasteiger partial charge in [-0.15, -0.1) is 0 Å². The number of benzene rings is 2. The minimum Gasteiger partial charge on any atom is -0.493 e. The average molecular weight is 413 g/mol. The van der Waals surface area contributed by atoms with E-state index in [0.717, 1.165) is 5.56 Å². The zero-order valence-electron chi connectivity index (χ0n) is 16.2. The standard InChI is InChI=1S/C23H25ClN2O3/c24-19-7-4-8-20(15-19)29-17-23(16-21(25)27)11-13-26(14-12-23)22(28)10-9-18-5-2-1-3-6-18/h1-10,15H,11-14,16-17H2,(H2,25,27)/b10-9+. The first-order valence-electron chi connectivity index (χ1n) is 9.65. The van der Waals surface area contributed by atoms with E-state index in [9.17, 15) is 9.59 Å². The van der Waals surface area contributed by atoms with Crippen LogP contribution in [0, 0.1) is 5.41 Å². The van der Waals surface area contributed by atoms with Gasteiger partial charge in [0.05, 0.1) is 6.61 Å². The monoisotopic (exact) mass is 412 g/mol. The van der Waals surface area contributed by atoms with E-state index >= 15 is 0 Å². The van der Waals surface area contributed by atoms with Crippen LogP contribution in [0.3, 0.4) is 0 Å². The number of primary amides is 1. The summed E-state index contributed by atoms with van der Waals surface area (Å²) in [5.74, 6) is 0.270. The number of nitrogens with zero attached hydrogens (tertiary/aromatic N) is 1. The Morgan fingerprint density at radius 3 is 2.48 bits per heavy atom. The number of piperidine rings is 1. The number of likely N-dealkylation sites (tertiary alicyclic amines) is 1. The first-order valence-corrected chi connectivity index (χ1v) is 10.0. The first-order chi connectivity index (χ1) is 14.0. The van der Waals surface area contributed by atoms with Crippen molar-refractivity contribution in [3.05, 3.63) is 71.3 Å². The van der Waals surface area contributed by atoms with Gasteiger partial charge < -0.3 is 15.4 Å². The summed E-state index contributed by atoms with van der Waals surface area (Å²) in [5, 5.41) is 0.595. The topological polar surface area (TPSA) is 72.6 Å². The molecule has 0 aliphatic carbocycles. The summed E-state index contributed by atoms with van der Waals surface area (Å²) < 4.78 is 5.92. The molecule has 0 atom stereocenters. The van der Waals surface area contributed by atoms with Crippen molar-refractivity contribution in [3.63, 3.8) is 0 Å². The van der Waals surface area contributed by atoms with E-state index in [0.29, 0.717) is 43.3 Å². The second kappa shape index (κ2) is 9.61. The van der Waals surface area contributed by atoms with E-state index in [4.69, 9.17) is 22.1 Å². The minimum atomic E-state index is -0.381. The summed E-state index contributed by atoms with van der Waals surface area (Å²) in [6.07, 6.45) is 4.95. The normalized spacial score (nSPS) is 16.0. The SMILES string of the molecule is NC(=O)CC1(COc2cccc(Cl)c2)CCN(C(=O)/C=C/c2ccccc2)CC1. The van der Waals surface area contributed by atoms with E-state index in [1.54, 1.807) is 23.1 Å². The van der Waals surface area contributed by atoms with E-state index in [1.807, 2.05) is 48.5 Å². The van der Waals surface area contributed by atoms with Crippen molar-refractivity contribution in [2.24, 2.45) is 11.1 Å². The Hall–Kier alpha value is -2.79. The molecule has 1 aliphatic heterocycles. The fourth-order valence-electron chi connectivity index (χ4n) is 3.57. The summed E-state index contributed by atoms with van der Waals surface area (Å²) in [4.78, 5) is 26.0. The van der Waals surface area contributed by atoms with E-state index < -0.39 is 0 Å². The van der Waals surface area contributed by atoms with Crippen molar-refractivity contribution in [1.29, 1.82) is 0 Å². The highest BCUT2D eigenvalue weighted by molar-refractivity contribution is 6.30. The van der Waals surface area contributed by atoms with Gasteiger partial charge in [-0.2, -0.15) is 0 Å². The summed E-state index contributed by atoms with van der Waals surface area (Å²) >= 11 is 6.01. The molecule has 6 heteroatoms. The number of nitrogens with two attached hydrogens (primary N) is 1. The Balaban J connectivity index is 1.60. The van der Waals surface area contributed by atoms with Gasteiger partial charge >= 0.3 is 0 Å². The van der Waals surface area contributed by atoms with Crippen molar-refractivity contribution in [2.45, 2.75) is 19.3 Å². The molecule has 152 valence electrons. The Labute approximate surface area is 176 Å². The van der Waals surface area contributed by atoms with E-state index in [2.05, 4.69) is 0 Å². The maximum Gasteiger partial charge on any atom is 0.246 e. The summed E-state index contributed by atoms with van der Waals surface area (Å²) in [6, 6.07) is 16.9. The Kier molecular flexibility index (Phi) is 6.94. The molecule has 2 amide bonds. The Morgan fingerprint density at radius 2 is 1.83 bits per heavy atom. The van der Waals surface area contributed by atoms with Crippen LogP contribution < -0.4 is 10.5 Å². The third-order valence-corrected chi connectivity index (χ3v) is 5.48. The lowest BCUT2D eigenvalue weighted by Gasteiger charge is -2.40. The van der Waals surface area contributed by atoms with Crippen LogP contribution in [-0.4, -0.2) is 36.4 Å². The molecule has 1 saturated heterocycles. The molecular weight excluding hydrogens is 388 g/mol. The van der Waals surface area contributed by atoms with Crippen LogP contribution in [0.5, 0.6) is 5.75 Å². The lowest BCUT2D eigenvalue weighted by Crippen LogP contribution is -2.46. The summed E-state index contributed by atoms with van der Waals surface area (Å²) in [7, 11) is 0. The van der Waals surface area contributed by atoms with Crippen LogP contribution in [0.15, 0.2) is 60.7 Å². The molecule has 2 aromatic carbocycles. The molecule has 29 heavy (non-hydrogen) atoms. The van der Waals surface area contributed by atoms with Gasteiger partial charge in [0.15, 0.2) is 0 Å². The predicted molar refractivity (Wildman–Crippen MR) is 114 cm³/mol. The van der Waals surface area contributed by atoms with Gasteiger partial charge in [0.25, 0.3) is 0 Å². The first kappa shape index (κ1) is 20.9. The van der Waals surface area contributed by atoms with Crippen LogP contribution in [0.4, 0.5) is 0 Å². The van der Waals surface area contributed by atoms with Gasteiger partial charge in [-0.05, 0) is 42.7 Å². The molecule has 0 unspecified atom stereocenters. The Bertz CT molecular complexity index is 875. The molecule has 2 N–H and O–H groups in total. The van der Waals surface area contributed by atoms with Crippen LogP contribution >= 0.6 is 11.6 Å². The highest BCUT2D eigenvalue weighted by atomic mass is 35.5. The van der Waals surface area contributed by atoms with Gasteiger partial charge in [-0.25, -0.2) is 0 Å². The van der Waals surface area contributed by atoms with Crippen molar-refractivity contribution in [1.82, 2.24) is 4.90 Å². The maximum absolute atomic E-state index is 12.5. The average Bonchev–Trinajstić information content (AvgIpc) is 2.71. The second-order valence-corrected chi connectivity index (χ2v) is 7.89. The number of amides is 2. The lowest BCUT2D eigenvalue weighted by atomic mass is 9.76. The maximum atomic E-state index is 12.5. The number of hydrogen-bond donors (Lipinski definition) is 1. The number of carbonyl (C=O) groups is 2. The van der Waals surface area contributed by atoms with Crippen LogP contribution in [0.25, 0.3) is 6.08 Å². The number of rotatable bonds is 7. The van der Waals surface area contributed by atoms with Crippen molar-refractivity contribution < 1.29 is 14.3 Å². The molecule has 0 bridgehead atoms. The fourth-order valence-corrected chi connectivity index (χ4v) is 3.75. The largest absolute Gasteiger partial charge is 0.493 e. The zero-order valence-corrected chi connectivity index (χ0v) is 17.0. The number of halogens is 1. The summed E-state index contributed by atoms with van der Waals surface area (Å²) in [6.45, 7) is 1.48. The summed E-state index contributed by atoms with van der Waals surface area (Å²) in [5.41, 5.74) is 6.10. The van der Waals surface area contributed by atoms with Gasteiger partial charge in [0.1, 0.15) is 5.75 Å². The van der Waals surface area contributed by atoms with Gasteiger partial charge in [-0.3, -0.25) is 9.59 Å². The molecule has 0 spiro atoms. The highest BCUT2D eigenvalue weighted by Gasteiger charge is 2.38. The van der Waals surface area contributed by atoms with Crippen LogP contribution in [-0.2, 0) is 9.59 Å². The fraction of sp³-hybridized carbons (Fsp3) is 0.304.